The molecule has 1 aliphatic rings. The molecule has 0 saturated carbocycles. The Morgan fingerprint density at radius 2 is 1.84 bits per heavy atom. The summed E-state index contributed by atoms with van der Waals surface area (Å²) in [6.07, 6.45) is 1.02. The van der Waals surface area contributed by atoms with Gasteiger partial charge in [-0.2, -0.15) is 23.5 Å². The van der Waals surface area contributed by atoms with E-state index in [4.69, 9.17) is 5.84 Å². The molecule has 1 aromatic carbocycles. The summed E-state index contributed by atoms with van der Waals surface area (Å²) in [4.78, 5) is 0. The van der Waals surface area contributed by atoms with Crippen LogP contribution in [-0.2, 0) is 6.42 Å². The van der Waals surface area contributed by atoms with Crippen LogP contribution in [0.25, 0.3) is 0 Å². The molecule has 1 aromatic rings. The minimum atomic E-state index is 0.356. The maximum Gasteiger partial charge on any atom is 0.0380 e. The molecule has 0 amide bonds. The molecule has 1 saturated heterocycles. The van der Waals surface area contributed by atoms with E-state index in [2.05, 4.69) is 67.9 Å². The Labute approximate surface area is 125 Å². The zero-order valence-corrected chi connectivity index (χ0v) is 13.6. The third kappa shape index (κ3) is 4.15. The SMILES string of the molecule is Cc1cc(C)cc(CC(NN)C2SCCSC2C)c1. The lowest BCUT2D eigenvalue weighted by Gasteiger charge is -2.34. The first kappa shape index (κ1) is 15.2. The second kappa shape index (κ2) is 7.02. The largest absolute Gasteiger partial charge is 0.271 e. The molecule has 1 fully saturated rings. The lowest BCUT2D eigenvalue weighted by Crippen LogP contribution is -2.48. The summed E-state index contributed by atoms with van der Waals surface area (Å²) in [5.74, 6) is 8.32. The van der Waals surface area contributed by atoms with E-state index in [0.717, 1.165) is 6.42 Å². The monoisotopic (exact) mass is 296 g/mol. The van der Waals surface area contributed by atoms with Crippen molar-refractivity contribution in [1.29, 1.82) is 0 Å². The van der Waals surface area contributed by atoms with E-state index < -0.39 is 0 Å². The van der Waals surface area contributed by atoms with Gasteiger partial charge in [-0.3, -0.25) is 11.3 Å². The Balaban J connectivity index is 2.09. The fourth-order valence-electron chi connectivity index (χ4n) is 2.80. The number of thioether (sulfide) groups is 2. The second-order valence-electron chi connectivity index (χ2n) is 5.38. The Hall–Kier alpha value is -0.160. The van der Waals surface area contributed by atoms with Crippen molar-refractivity contribution < 1.29 is 0 Å². The van der Waals surface area contributed by atoms with Gasteiger partial charge in [0, 0.05) is 28.0 Å². The van der Waals surface area contributed by atoms with Crippen molar-refractivity contribution in [1.82, 2.24) is 5.43 Å². The third-order valence-corrected chi connectivity index (χ3v) is 6.84. The lowest BCUT2D eigenvalue weighted by atomic mass is 9.98. The van der Waals surface area contributed by atoms with Gasteiger partial charge in [0.15, 0.2) is 0 Å². The Morgan fingerprint density at radius 3 is 2.42 bits per heavy atom. The van der Waals surface area contributed by atoms with Gasteiger partial charge >= 0.3 is 0 Å². The van der Waals surface area contributed by atoms with Crippen LogP contribution in [0.4, 0.5) is 0 Å². The summed E-state index contributed by atoms with van der Waals surface area (Å²) in [5.41, 5.74) is 7.12. The standard InChI is InChI=1S/C15H24N2S2/c1-10-6-11(2)8-13(7-10)9-14(17-16)15-12(3)18-4-5-19-15/h6-8,12,14-15,17H,4-5,9,16H2,1-3H3. The highest BCUT2D eigenvalue weighted by Gasteiger charge is 2.29. The van der Waals surface area contributed by atoms with Gasteiger partial charge in [-0.25, -0.2) is 0 Å². The highest BCUT2D eigenvalue weighted by molar-refractivity contribution is 8.07. The first-order valence-corrected chi connectivity index (χ1v) is 8.96. The zero-order valence-electron chi connectivity index (χ0n) is 12.0. The molecular weight excluding hydrogens is 272 g/mol. The van der Waals surface area contributed by atoms with Crippen LogP contribution < -0.4 is 11.3 Å². The number of nitrogens with two attached hydrogens (primary N) is 1. The summed E-state index contributed by atoms with van der Waals surface area (Å²) >= 11 is 4.14. The van der Waals surface area contributed by atoms with Crippen molar-refractivity contribution in [2.75, 3.05) is 11.5 Å². The van der Waals surface area contributed by atoms with Crippen molar-refractivity contribution in [3.63, 3.8) is 0 Å². The van der Waals surface area contributed by atoms with Crippen molar-refractivity contribution in [2.45, 2.75) is 43.7 Å². The Kier molecular flexibility index (Phi) is 5.63. The molecule has 19 heavy (non-hydrogen) atoms. The van der Waals surface area contributed by atoms with Gasteiger partial charge in [0.05, 0.1) is 0 Å². The minimum Gasteiger partial charge on any atom is -0.271 e. The number of hydrogen-bond donors (Lipinski definition) is 2. The van der Waals surface area contributed by atoms with Gasteiger partial charge in [-0.1, -0.05) is 36.2 Å². The number of hydrogen-bond acceptors (Lipinski definition) is 4. The van der Waals surface area contributed by atoms with Crippen LogP contribution in [0.2, 0.25) is 0 Å². The van der Waals surface area contributed by atoms with Crippen LogP contribution in [0.5, 0.6) is 0 Å². The van der Waals surface area contributed by atoms with E-state index in [9.17, 15) is 0 Å². The Bertz CT molecular complexity index is 402. The predicted molar refractivity (Wildman–Crippen MR) is 88.9 cm³/mol. The first-order valence-electron chi connectivity index (χ1n) is 6.86. The number of nitrogens with one attached hydrogen (secondary N) is 1. The third-order valence-electron chi connectivity index (χ3n) is 3.58. The summed E-state index contributed by atoms with van der Waals surface area (Å²) in [6, 6.07) is 7.14. The van der Waals surface area contributed by atoms with Crippen LogP contribution in [0, 0.1) is 13.8 Å². The molecule has 1 heterocycles. The molecular formula is C15H24N2S2. The number of aryl methyl sites for hydroxylation is 2. The smallest absolute Gasteiger partial charge is 0.0380 e. The molecule has 0 spiro atoms. The van der Waals surface area contributed by atoms with Crippen LogP contribution in [-0.4, -0.2) is 28.0 Å². The van der Waals surface area contributed by atoms with E-state index in [1.807, 2.05) is 0 Å². The summed E-state index contributed by atoms with van der Waals surface area (Å²) < 4.78 is 0. The Morgan fingerprint density at radius 1 is 1.21 bits per heavy atom. The highest BCUT2D eigenvalue weighted by Crippen LogP contribution is 2.33. The van der Waals surface area contributed by atoms with Crippen LogP contribution in [0.1, 0.15) is 23.6 Å². The molecule has 3 atom stereocenters. The molecule has 0 radical (unpaired) electrons. The molecule has 2 rings (SSSR count). The molecule has 3 N–H and O–H groups in total. The van der Waals surface area contributed by atoms with E-state index in [0.29, 0.717) is 16.5 Å². The molecule has 106 valence electrons. The number of benzene rings is 1. The van der Waals surface area contributed by atoms with E-state index >= 15 is 0 Å². The van der Waals surface area contributed by atoms with Gasteiger partial charge < -0.3 is 0 Å². The zero-order chi connectivity index (χ0) is 13.8. The first-order chi connectivity index (χ1) is 9.10. The number of rotatable bonds is 4. The van der Waals surface area contributed by atoms with E-state index in [-0.39, 0.29) is 0 Å². The average molecular weight is 297 g/mol. The number of hydrazine groups is 1. The van der Waals surface area contributed by atoms with Crippen LogP contribution in [0.15, 0.2) is 18.2 Å². The quantitative estimate of drug-likeness (QED) is 0.662. The van der Waals surface area contributed by atoms with Crippen LogP contribution in [0.3, 0.4) is 0 Å². The molecule has 4 heteroatoms. The van der Waals surface area contributed by atoms with Gasteiger partial charge in [0.25, 0.3) is 0 Å². The molecule has 0 aliphatic carbocycles. The van der Waals surface area contributed by atoms with Crippen molar-refractivity contribution >= 4 is 23.5 Å². The van der Waals surface area contributed by atoms with E-state index in [1.165, 1.54) is 28.2 Å². The molecule has 1 aliphatic heterocycles. The van der Waals surface area contributed by atoms with Crippen molar-refractivity contribution in [2.24, 2.45) is 5.84 Å². The average Bonchev–Trinajstić information content (AvgIpc) is 2.36. The fraction of sp³-hybridized carbons (Fsp3) is 0.600. The maximum absolute atomic E-state index is 5.82. The van der Waals surface area contributed by atoms with Crippen molar-refractivity contribution in [3.05, 3.63) is 34.9 Å². The fourth-order valence-corrected chi connectivity index (χ4v) is 5.75. The minimum absolute atomic E-state index is 0.356. The molecule has 2 nitrogen and oxygen atoms in total. The summed E-state index contributed by atoms with van der Waals surface area (Å²) in [6.45, 7) is 6.65. The topological polar surface area (TPSA) is 38.0 Å². The maximum atomic E-state index is 5.82. The summed E-state index contributed by atoms with van der Waals surface area (Å²) in [5, 5.41) is 1.27. The highest BCUT2D eigenvalue weighted by atomic mass is 32.2. The molecule has 0 aromatic heterocycles. The summed E-state index contributed by atoms with van der Waals surface area (Å²) in [7, 11) is 0. The van der Waals surface area contributed by atoms with Crippen LogP contribution >= 0.6 is 23.5 Å². The lowest BCUT2D eigenvalue weighted by molar-refractivity contribution is 0.501. The predicted octanol–water partition coefficient (Wildman–Crippen LogP) is 2.91. The van der Waals surface area contributed by atoms with E-state index in [1.54, 1.807) is 0 Å². The van der Waals surface area contributed by atoms with Gasteiger partial charge in [0.2, 0.25) is 0 Å². The normalized spacial score (nSPS) is 25.3. The van der Waals surface area contributed by atoms with Gasteiger partial charge in [-0.05, 0) is 25.8 Å². The molecule has 3 unspecified atom stereocenters. The molecule has 0 bridgehead atoms. The van der Waals surface area contributed by atoms with Crippen molar-refractivity contribution in [3.8, 4) is 0 Å². The van der Waals surface area contributed by atoms with Gasteiger partial charge in [0.1, 0.15) is 0 Å². The second-order valence-corrected chi connectivity index (χ2v) is 8.16. The van der Waals surface area contributed by atoms with Gasteiger partial charge in [-0.15, -0.1) is 0 Å².